The Kier molecular flexibility index (Phi) is 6.57. The lowest BCUT2D eigenvalue weighted by Gasteiger charge is -2.55. The molecule has 4 N–H and O–H groups in total. The summed E-state index contributed by atoms with van der Waals surface area (Å²) in [7, 11) is 3.08. The third-order valence-corrected chi connectivity index (χ3v) is 7.94. The van der Waals surface area contributed by atoms with Crippen LogP contribution in [0.5, 0.6) is 5.75 Å². The van der Waals surface area contributed by atoms with Gasteiger partial charge >= 0.3 is 5.97 Å². The molecular weight excluding hydrogens is 496 g/mol. The Balaban J connectivity index is 2.02. The van der Waals surface area contributed by atoms with E-state index in [0.717, 1.165) is 6.92 Å². The Morgan fingerprint density at radius 2 is 1.74 bits per heavy atom. The molecule has 1 aromatic rings. The van der Waals surface area contributed by atoms with Crippen molar-refractivity contribution in [2.75, 3.05) is 14.1 Å². The van der Waals surface area contributed by atoms with E-state index in [0.29, 0.717) is 5.56 Å². The zero-order chi connectivity index (χ0) is 28.4. The minimum atomic E-state index is -2.01. The topological polar surface area (TPSA) is 171 Å². The lowest BCUT2D eigenvalue weighted by molar-refractivity contribution is -0.151. The molecule has 1 fully saturated rings. The fourth-order valence-corrected chi connectivity index (χ4v) is 6.33. The van der Waals surface area contributed by atoms with E-state index in [9.17, 15) is 39.3 Å². The van der Waals surface area contributed by atoms with E-state index < -0.39 is 81.8 Å². The molecule has 202 valence electrons. The second-order valence-electron chi connectivity index (χ2n) is 10.4. The maximum absolute atomic E-state index is 14.3. The first-order chi connectivity index (χ1) is 17.7. The summed E-state index contributed by atoms with van der Waals surface area (Å²) in [5.74, 6) is -8.37. The minimum Gasteiger partial charge on any atom is -0.510 e. The van der Waals surface area contributed by atoms with Gasteiger partial charge in [0.1, 0.15) is 22.8 Å². The third kappa shape index (κ3) is 3.68. The van der Waals surface area contributed by atoms with Crippen molar-refractivity contribution < 1.29 is 44.0 Å². The molecule has 11 nitrogen and oxygen atoms in total. The number of rotatable bonds is 3. The Bertz CT molecular complexity index is 1360. The van der Waals surface area contributed by atoms with Gasteiger partial charge in [-0.3, -0.25) is 34.2 Å². The average Bonchev–Trinajstić information content (AvgIpc) is 2.80. The Morgan fingerprint density at radius 1 is 1.11 bits per heavy atom. The number of ether oxygens (including phenoxy) is 1. The highest BCUT2D eigenvalue weighted by atomic mass is 16.5. The van der Waals surface area contributed by atoms with Gasteiger partial charge in [-0.1, -0.05) is 19.1 Å². The number of esters is 1. The van der Waals surface area contributed by atoms with Crippen LogP contribution in [0.2, 0.25) is 0 Å². The van der Waals surface area contributed by atoms with Gasteiger partial charge in [-0.25, -0.2) is 0 Å². The number of hydrogen-bond donors (Lipinski definition) is 4. The summed E-state index contributed by atoms with van der Waals surface area (Å²) in [6, 6.07) is 3.55. The highest BCUT2D eigenvalue weighted by Crippen LogP contribution is 2.59. The SMILES string of the molecule is CC(=O)NC(=O)C1=C(O)[C@@]2(C)C(=O)C3=C(O)c4c(OC(C)=O)cccc4[C@H](C)[C@H]3[C@H](O)[C@H]2[C@H](N(C)C)C1=O. The van der Waals surface area contributed by atoms with Crippen LogP contribution >= 0.6 is 0 Å². The molecule has 6 atom stereocenters. The first-order valence-electron chi connectivity index (χ1n) is 12.1. The highest BCUT2D eigenvalue weighted by Gasteiger charge is 2.66. The van der Waals surface area contributed by atoms with Crippen LogP contribution in [-0.2, 0) is 24.0 Å². The number of ketones is 2. The molecule has 1 saturated carbocycles. The molecule has 0 saturated heterocycles. The van der Waals surface area contributed by atoms with Crippen molar-refractivity contribution in [3.63, 3.8) is 0 Å². The Hall–Kier alpha value is -3.83. The molecule has 2 amide bonds. The number of hydrogen-bond acceptors (Lipinski definition) is 10. The van der Waals surface area contributed by atoms with Crippen molar-refractivity contribution in [3.05, 3.63) is 46.2 Å². The first kappa shape index (κ1) is 27.2. The number of likely N-dealkylation sites (N-methyl/N-ethyl adjacent to an activating group) is 1. The van der Waals surface area contributed by atoms with Gasteiger partial charge in [0, 0.05) is 31.3 Å². The fraction of sp³-hybridized carbons (Fsp3) is 0.444. The van der Waals surface area contributed by atoms with Crippen LogP contribution in [0.3, 0.4) is 0 Å². The number of carbonyl (C=O) groups excluding carboxylic acids is 5. The maximum atomic E-state index is 14.3. The largest absolute Gasteiger partial charge is 0.510 e. The van der Waals surface area contributed by atoms with Crippen LogP contribution < -0.4 is 10.1 Å². The highest BCUT2D eigenvalue weighted by molar-refractivity contribution is 6.26. The van der Waals surface area contributed by atoms with Gasteiger partial charge in [0.05, 0.1) is 23.1 Å². The normalized spacial score (nSPS) is 30.5. The van der Waals surface area contributed by atoms with Crippen LogP contribution in [0.25, 0.3) is 5.76 Å². The second-order valence-corrected chi connectivity index (χ2v) is 10.4. The van der Waals surface area contributed by atoms with Gasteiger partial charge in [0.25, 0.3) is 5.91 Å². The molecule has 11 heteroatoms. The van der Waals surface area contributed by atoms with E-state index in [2.05, 4.69) is 0 Å². The van der Waals surface area contributed by atoms with Crippen LogP contribution in [-0.4, -0.2) is 75.8 Å². The molecule has 4 rings (SSSR count). The molecule has 0 aliphatic heterocycles. The number of carbonyl (C=O) groups is 5. The van der Waals surface area contributed by atoms with Gasteiger partial charge in [0.15, 0.2) is 11.6 Å². The molecule has 0 spiro atoms. The van der Waals surface area contributed by atoms with E-state index >= 15 is 0 Å². The van der Waals surface area contributed by atoms with Gasteiger partial charge in [-0.05, 0) is 38.6 Å². The van der Waals surface area contributed by atoms with Crippen molar-refractivity contribution >= 4 is 35.1 Å². The maximum Gasteiger partial charge on any atom is 0.308 e. The molecule has 3 aliphatic carbocycles. The molecule has 38 heavy (non-hydrogen) atoms. The monoisotopic (exact) mass is 526 g/mol. The van der Waals surface area contributed by atoms with Crippen molar-refractivity contribution in [2.45, 2.75) is 45.8 Å². The number of allylic oxidation sites excluding steroid dienone is 1. The lowest BCUT2D eigenvalue weighted by atomic mass is 9.50. The van der Waals surface area contributed by atoms with E-state index in [4.69, 9.17) is 4.74 Å². The number of Topliss-reactive ketones (excluding diaryl/α,β-unsaturated/α-hetero) is 2. The minimum absolute atomic E-state index is 0.0196. The molecular formula is C27H30N2O9. The van der Waals surface area contributed by atoms with Crippen LogP contribution in [0.1, 0.15) is 44.7 Å². The molecule has 1 aromatic carbocycles. The van der Waals surface area contributed by atoms with Crippen LogP contribution in [0.15, 0.2) is 35.1 Å². The molecule has 0 heterocycles. The van der Waals surface area contributed by atoms with Crippen molar-refractivity contribution in [2.24, 2.45) is 17.3 Å². The fourth-order valence-electron chi connectivity index (χ4n) is 6.33. The smallest absolute Gasteiger partial charge is 0.308 e. The summed E-state index contributed by atoms with van der Waals surface area (Å²) in [6.45, 7) is 5.29. The number of benzene rings is 1. The van der Waals surface area contributed by atoms with Gasteiger partial charge in [-0.2, -0.15) is 0 Å². The van der Waals surface area contributed by atoms with Crippen LogP contribution in [0, 0.1) is 17.3 Å². The predicted molar refractivity (Wildman–Crippen MR) is 133 cm³/mol. The molecule has 3 aliphatic rings. The molecule has 0 aromatic heterocycles. The number of nitrogens with one attached hydrogen (secondary N) is 1. The predicted octanol–water partition coefficient (Wildman–Crippen LogP) is 1.17. The number of fused-ring (bicyclic) bond motifs is 3. The van der Waals surface area contributed by atoms with E-state index in [1.54, 1.807) is 19.1 Å². The Morgan fingerprint density at radius 3 is 2.29 bits per heavy atom. The zero-order valence-electron chi connectivity index (χ0n) is 21.9. The summed E-state index contributed by atoms with van der Waals surface area (Å²) in [5.41, 5.74) is -2.35. The average molecular weight is 527 g/mol. The summed E-state index contributed by atoms with van der Waals surface area (Å²) in [4.78, 5) is 65.4. The van der Waals surface area contributed by atoms with Crippen molar-refractivity contribution in [3.8, 4) is 5.75 Å². The van der Waals surface area contributed by atoms with Crippen LogP contribution in [0.4, 0.5) is 0 Å². The second kappa shape index (κ2) is 9.17. The summed E-state index contributed by atoms with van der Waals surface area (Å²) < 4.78 is 5.27. The summed E-state index contributed by atoms with van der Waals surface area (Å²) in [5, 5.41) is 36.5. The Labute approximate surface area is 218 Å². The standard InChI is InChI=1S/C27H30N2O9/c1-10-13-8-7-9-14(38-12(3)31)16(13)21(32)17-15(10)22(33)19-20(29(5)6)23(34)18(26(37)28-11(2)30)25(36)27(19,4)24(17)35/h7-10,15,19-20,22,32-33,36H,1-6H3,(H,28,30,37)/t10-,15+,19+,20-,22-,27+/m0/s1. The molecule has 0 radical (unpaired) electrons. The lowest BCUT2D eigenvalue weighted by Crippen LogP contribution is -2.66. The number of amides is 2. The van der Waals surface area contributed by atoms with Gasteiger partial charge in [-0.15, -0.1) is 0 Å². The summed E-state index contributed by atoms with van der Waals surface area (Å²) in [6.07, 6.45) is -1.42. The van der Waals surface area contributed by atoms with Gasteiger partial charge in [0.2, 0.25) is 5.91 Å². The van der Waals surface area contributed by atoms with Crippen molar-refractivity contribution in [1.29, 1.82) is 0 Å². The van der Waals surface area contributed by atoms with E-state index in [1.165, 1.54) is 38.9 Å². The quantitative estimate of drug-likeness (QED) is 0.255. The first-order valence-corrected chi connectivity index (χ1v) is 12.1. The molecule has 0 bridgehead atoms. The number of aliphatic hydroxyl groups is 3. The molecule has 0 unspecified atom stereocenters. The zero-order valence-corrected chi connectivity index (χ0v) is 21.9. The third-order valence-electron chi connectivity index (χ3n) is 7.94. The summed E-state index contributed by atoms with van der Waals surface area (Å²) >= 11 is 0. The number of imide groups is 1. The van der Waals surface area contributed by atoms with E-state index in [-0.39, 0.29) is 16.9 Å². The number of aliphatic hydroxyl groups excluding tert-OH is 3. The number of nitrogens with zero attached hydrogens (tertiary/aromatic N) is 1. The van der Waals surface area contributed by atoms with E-state index in [1.807, 2.05) is 5.32 Å². The van der Waals surface area contributed by atoms with Gasteiger partial charge < -0.3 is 20.1 Å². The van der Waals surface area contributed by atoms with Crippen molar-refractivity contribution in [1.82, 2.24) is 10.2 Å².